The minimum absolute atomic E-state index is 0.0208. The van der Waals surface area contributed by atoms with Crippen LogP contribution in [0.4, 0.5) is 5.82 Å². The molecule has 28 heavy (non-hydrogen) atoms. The van der Waals surface area contributed by atoms with Crippen LogP contribution in [-0.4, -0.2) is 66.1 Å². The molecule has 0 spiro atoms. The third-order valence-corrected chi connectivity index (χ3v) is 4.90. The predicted octanol–water partition coefficient (Wildman–Crippen LogP) is 2.11. The summed E-state index contributed by atoms with van der Waals surface area (Å²) in [6.07, 6.45) is 0. The Hall–Kier alpha value is -2.58. The molecule has 0 bridgehead atoms. The second-order valence-corrected chi connectivity index (χ2v) is 7.13. The maximum Gasteiger partial charge on any atom is 0.260 e. The first-order valence-electron chi connectivity index (χ1n) is 9.03. The number of carbonyl (C=O) groups excluding carboxylic acids is 2. The fourth-order valence-electron chi connectivity index (χ4n) is 2.91. The summed E-state index contributed by atoms with van der Waals surface area (Å²) in [6.45, 7) is 6.22. The molecule has 2 aromatic rings. The normalized spacial score (nSPS) is 14.8. The summed E-state index contributed by atoms with van der Waals surface area (Å²) in [4.78, 5) is 28.2. The standard InChI is InChI=1S/C19H23ClN4O4/c1-13-9-15(3-4-16(13)20)27-12-19(26)24-7-5-23(6-8-24)11-18(25)21-17-10-14(2)28-22-17/h3-4,9-10H,5-8,11-12H2,1-2H3,(H,21,22,25). The van der Waals surface area contributed by atoms with Crippen LogP contribution in [0.3, 0.4) is 0 Å². The van der Waals surface area contributed by atoms with Gasteiger partial charge in [-0.3, -0.25) is 14.5 Å². The average molecular weight is 407 g/mol. The van der Waals surface area contributed by atoms with Gasteiger partial charge in [0.05, 0.1) is 6.54 Å². The number of piperazine rings is 1. The van der Waals surface area contributed by atoms with Crippen LogP contribution in [0, 0.1) is 13.8 Å². The molecule has 0 unspecified atom stereocenters. The number of ether oxygens (including phenoxy) is 1. The van der Waals surface area contributed by atoms with E-state index in [0.29, 0.717) is 48.5 Å². The first-order valence-corrected chi connectivity index (χ1v) is 9.41. The molecule has 0 radical (unpaired) electrons. The number of carbonyl (C=O) groups is 2. The number of nitrogens with one attached hydrogen (secondary N) is 1. The van der Waals surface area contributed by atoms with E-state index in [1.54, 1.807) is 30.0 Å². The van der Waals surface area contributed by atoms with E-state index in [2.05, 4.69) is 10.5 Å². The van der Waals surface area contributed by atoms with E-state index in [1.807, 2.05) is 17.9 Å². The zero-order chi connectivity index (χ0) is 20.1. The van der Waals surface area contributed by atoms with Crippen molar-refractivity contribution in [3.8, 4) is 5.75 Å². The van der Waals surface area contributed by atoms with Crippen molar-refractivity contribution in [2.45, 2.75) is 13.8 Å². The number of aryl methyl sites for hydroxylation is 2. The first kappa shape index (κ1) is 20.2. The lowest BCUT2D eigenvalue weighted by Gasteiger charge is -2.34. The molecule has 1 saturated heterocycles. The average Bonchev–Trinajstić information content (AvgIpc) is 3.07. The molecule has 2 amide bonds. The van der Waals surface area contributed by atoms with Gasteiger partial charge in [0.15, 0.2) is 12.4 Å². The van der Waals surface area contributed by atoms with Crippen LogP contribution in [-0.2, 0) is 9.59 Å². The van der Waals surface area contributed by atoms with Crippen molar-refractivity contribution >= 4 is 29.2 Å². The quantitative estimate of drug-likeness (QED) is 0.790. The zero-order valence-corrected chi connectivity index (χ0v) is 16.7. The van der Waals surface area contributed by atoms with Gasteiger partial charge in [0.1, 0.15) is 11.5 Å². The van der Waals surface area contributed by atoms with E-state index in [0.717, 1.165) is 5.56 Å². The van der Waals surface area contributed by atoms with Crippen LogP contribution in [0.1, 0.15) is 11.3 Å². The summed E-state index contributed by atoms with van der Waals surface area (Å²) in [5.41, 5.74) is 0.902. The number of amides is 2. The lowest BCUT2D eigenvalue weighted by atomic mass is 10.2. The molecule has 0 saturated carbocycles. The van der Waals surface area contributed by atoms with Crippen LogP contribution in [0.15, 0.2) is 28.8 Å². The number of aromatic nitrogens is 1. The van der Waals surface area contributed by atoms with Gasteiger partial charge < -0.3 is 19.5 Å². The van der Waals surface area contributed by atoms with E-state index >= 15 is 0 Å². The predicted molar refractivity (Wildman–Crippen MR) is 105 cm³/mol. The second-order valence-electron chi connectivity index (χ2n) is 6.73. The highest BCUT2D eigenvalue weighted by Crippen LogP contribution is 2.21. The van der Waals surface area contributed by atoms with Crippen LogP contribution in [0.5, 0.6) is 5.75 Å². The Morgan fingerprint density at radius 1 is 1.21 bits per heavy atom. The maximum absolute atomic E-state index is 12.4. The highest BCUT2D eigenvalue weighted by atomic mass is 35.5. The Labute approximate surface area is 168 Å². The summed E-state index contributed by atoms with van der Waals surface area (Å²) < 4.78 is 10.5. The van der Waals surface area contributed by atoms with Crippen molar-refractivity contribution in [3.05, 3.63) is 40.6 Å². The molecule has 8 nitrogen and oxygen atoms in total. The molecular formula is C19H23ClN4O4. The van der Waals surface area contributed by atoms with Crippen molar-refractivity contribution in [2.75, 3.05) is 44.6 Å². The van der Waals surface area contributed by atoms with E-state index < -0.39 is 0 Å². The van der Waals surface area contributed by atoms with Gasteiger partial charge in [0, 0.05) is 37.3 Å². The third kappa shape index (κ3) is 5.46. The monoisotopic (exact) mass is 406 g/mol. The van der Waals surface area contributed by atoms with E-state index in [9.17, 15) is 9.59 Å². The van der Waals surface area contributed by atoms with E-state index in [-0.39, 0.29) is 25.0 Å². The van der Waals surface area contributed by atoms with Crippen LogP contribution in [0.25, 0.3) is 0 Å². The highest BCUT2D eigenvalue weighted by Gasteiger charge is 2.23. The Morgan fingerprint density at radius 3 is 2.61 bits per heavy atom. The SMILES string of the molecule is Cc1cc(NC(=O)CN2CCN(C(=O)COc3ccc(Cl)c(C)c3)CC2)no1. The van der Waals surface area contributed by atoms with Crippen LogP contribution in [0.2, 0.25) is 5.02 Å². The highest BCUT2D eigenvalue weighted by molar-refractivity contribution is 6.31. The minimum atomic E-state index is -0.158. The van der Waals surface area contributed by atoms with Gasteiger partial charge in [-0.1, -0.05) is 16.8 Å². The van der Waals surface area contributed by atoms with E-state index in [1.165, 1.54) is 0 Å². The first-order chi connectivity index (χ1) is 13.4. The summed E-state index contributed by atoms with van der Waals surface area (Å²) in [5, 5.41) is 7.10. The molecule has 150 valence electrons. The number of hydrogen-bond donors (Lipinski definition) is 1. The Morgan fingerprint density at radius 2 is 1.96 bits per heavy atom. The number of benzene rings is 1. The molecule has 1 N–H and O–H groups in total. The molecule has 1 fully saturated rings. The Bertz CT molecular complexity index is 846. The van der Waals surface area contributed by atoms with Crippen molar-refractivity contribution in [2.24, 2.45) is 0 Å². The largest absolute Gasteiger partial charge is 0.484 e. The molecule has 3 rings (SSSR count). The fraction of sp³-hybridized carbons (Fsp3) is 0.421. The lowest BCUT2D eigenvalue weighted by Crippen LogP contribution is -2.51. The molecule has 0 atom stereocenters. The van der Waals surface area contributed by atoms with Gasteiger partial charge in [-0.25, -0.2) is 0 Å². The molecule has 1 aromatic carbocycles. The third-order valence-electron chi connectivity index (χ3n) is 4.48. The van der Waals surface area contributed by atoms with Crippen molar-refractivity contribution in [1.29, 1.82) is 0 Å². The lowest BCUT2D eigenvalue weighted by molar-refractivity contribution is -0.135. The number of anilines is 1. The van der Waals surface area contributed by atoms with E-state index in [4.69, 9.17) is 20.9 Å². The Balaban J connectivity index is 1.39. The van der Waals surface area contributed by atoms with Gasteiger partial charge in [0.25, 0.3) is 5.91 Å². The van der Waals surface area contributed by atoms with Gasteiger partial charge in [-0.05, 0) is 37.6 Å². The number of nitrogens with zero attached hydrogens (tertiary/aromatic N) is 3. The molecular weight excluding hydrogens is 384 g/mol. The zero-order valence-electron chi connectivity index (χ0n) is 15.9. The molecule has 0 aliphatic carbocycles. The minimum Gasteiger partial charge on any atom is -0.484 e. The van der Waals surface area contributed by atoms with Crippen LogP contribution >= 0.6 is 11.6 Å². The van der Waals surface area contributed by atoms with Gasteiger partial charge in [-0.2, -0.15) is 0 Å². The summed E-state index contributed by atoms with van der Waals surface area (Å²) in [6, 6.07) is 6.97. The summed E-state index contributed by atoms with van der Waals surface area (Å²) in [7, 11) is 0. The molecule has 1 aliphatic rings. The number of rotatable bonds is 6. The molecule has 1 aromatic heterocycles. The number of halogens is 1. The van der Waals surface area contributed by atoms with Crippen molar-refractivity contribution in [3.63, 3.8) is 0 Å². The molecule has 2 heterocycles. The molecule has 1 aliphatic heterocycles. The Kier molecular flexibility index (Phi) is 6.53. The van der Waals surface area contributed by atoms with Crippen molar-refractivity contribution < 1.29 is 18.8 Å². The second kappa shape index (κ2) is 9.07. The van der Waals surface area contributed by atoms with Gasteiger partial charge in [-0.15, -0.1) is 0 Å². The van der Waals surface area contributed by atoms with Gasteiger partial charge in [0.2, 0.25) is 5.91 Å². The summed E-state index contributed by atoms with van der Waals surface area (Å²) in [5.74, 6) is 1.43. The summed E-state index contributed by atoms with van der Waals surface area (Å²) >= 11 is 5.99. The van der Waals surface area contributed by atoms with Gasteiger partial charge >= 0.3 is 0 Å². The molecule has 9 heteroatoms. The van der Waals surface area contributed by atoms with Crippen molar-refractivity contribution in [1.82, 2.24) is 15.0 Å². The fourth-order valence-corrected chi connectivity index (χ4v) is 3.03. The van der Waals surface area contributed by atoms with Crippen LogP contribution < -0.4 is 10.1 Å². The topological polar surface area (TPSA) is 87.9 Å². The smallest absolute Gasteiger partial charge is 0.260 e. The number of hydrogen-bond acceptors (Lipinski definition) is 6. The maximum atomic E-state index is 12.4.